The maximum atomic E-state index is 13.0. The molecule has 1 saturated heterocycles. The number of amides is 1. The van der Waals surface area contributed by atoms with E-state index >= 15 is 0 Å². The first-order chi connectivity index (χ1) is 17.1. The fraction of sp³-hybridized carbons (Fsp3) is 0.250. The standard InChI is InChI=1S/C28H28N4O3/c1-20(28(33)32-17-15-31(16-18-32)26-9-5-6-10-27(26)34-2)35-22-13-11-21(12-14-22)25-19-29-23-7-3-4-8-24(23)30-25/h3-14,19-20H,15-18H2,1-2H3/t20-/m1/s1. The Morgan fingerprint density at radius 1 is 0.886 bits per heavy atom. The van der Waals surface area contributed by atoms with E-state index < -0.39 is 6.10 Å². The Balaban J connectivity index is 1.19. The van der Waals surface area contributed by atoms with E-state index in [0.717, 1.165) is 46.8 Å². The van der Waals surface area contributed by atoms with E-state index in [9.17, 15) is 4.79 Å². The molecule has 0 unspecified atom stereocenters. The lowest BCUT2D eigenvalue weighted by atomic mass is 10.1. The third kappa shape index (κ3) is 4.89. The van der Waals surface area contributed by atoms with Crippen LogP contribution in [-0.4, -0.2) is 60.2 Å². The molecule has 1 aromatic heterocycles. The first-order valence-corrected chi connectivity index (χ1v) is 11.8. The summed E-state index contributed by atoms with van der Waals surface area (Å²) >= 11 is 0. The number of benzene rings is 3. The average Bonchev–Trinajstić information content (AvgIpc) is 2.93. The second kappa shape index (κ2) is 10.0. The summed E-state index contributed by atoms with van der Waals surface area (Å²) in [5, 5.41) is 0. The number of ether oxygens (including phenoxy) is 2. The molecule has 1 fully saturated rings. The minimum Gasteiger partial charge on any atom is -0.495 e. The van der Waals surface area contributed by atoms with E-state index in [1.807, 2.05) is 71.6 Å². The van der Waals surface area contributed by atoms with Gasteiger partial charge in [-0.05, 0) is 55.5 Å². The molecule has 0 saturated carbocycles. The van der Waals surface area contributed by atoms with E-state index in [-0.39, 0.29) is 5.91 Å². The number of para-hydroxylation sites is 4. The molecule has 1 aliphatic rings. The van der Waals surface area contributed by atoms with E-state index in [4.69, 9.17) is 9.47 Å². The fourth-order valence-electron chi connectivity index (χ4n) is 4.37. The second-order valence-electron chi connectivity index (χ2n) is 8.51. The van der Waals surface area contributed by atoms with Crippen molar-refractivity contribution in [2.24, 2.45) is 0 Å². The Kier molecular flexibility index (Phi) is 6.48. The Hall–Kier alpha value is -4.13. The van der Waals surface area contributed by atoms with Gasteiger partial charge in [-0.15, -0.1) is 0 Å². The summed E-state index contributed by atoms with van der Waals surface area (Å²) in [4.78, 5) is 26.3. The summed E-state index contributed by atoms with van der Waals surface area (Å²) in [6.07, 6.45) is 1.20. The van der Waals surface area contributed by atoms with E-state index in [2.05, 4.69) is 20.9 Å². The minimum atomic E-state index is -0.570. The zero-order chi connectivity index (χ0) is 24.2. The average molecular weight is 469 g/mol. The number of anilines is 1. The molecule has 178 valence electrons. The number of hydrogen-bond acceptors (Lipinski definition) is 6. The predicted octanol–water partition coefficient (Wildman–Crippen LogP) is 4.42. The molecule has 35 heavy (non-hydrogen) atoms. The number of carbonyl (C=O) groups excluding carboxylic acids is 1. The Morgan fingerprint density at radius 2 is 1.57 bits per heavy atom. The van der Waals surface area contributed by atoms with Crippen LogP contribution in [0.2, 0.25) is 0 Å². The lowest BCUT2D eigenvalue weighted by Crippen LogP contribution is -2.52. The highest BCUT2D eigenvalue weighted by Crippen LogP contribution is 2.28. The van der Waals surface area contributed by atoms with Gasteiger partial charge in [0.2, 0.25) is 0 Å². The summed E-state index contributed by atoms with van der Waals surface area (Å²) in [7, 11) is 1.68. The fourth-order valence-corrected chi connectivity index (χ4v) is 4.37. The van der Waals surface area contributed by atoms with Gasteiger partial charge >= 0.3 is 0 Å². The van der Waals surface area contributed by atoms with Gasteiger partial charge in [-0.25, -0.2) is 4.98 Å². The van der Waals surface area contributed by atoms with Crippen LogP contribution in [0.1, 0.15) is 6.92 Å². The van der Waals surface area contributed by atoms with E-state index in [1.165, 1.54) is 0 Å². The summed E-state index contributed by atoms with van der Waals surface area (Å²) in [6.45, 7) is 4.59. The highest BCUT2D eigenvalue weighted by atomic mass is 16.5. The third-order valence-corrected chi connectivity index (χ3v) is 6.28. The zero-order valence-corrected chi connectivity index (χ0v) is 19.9. The molecule has 3 aromatic carbocycles. The Labute approximate surface area is 204 Å². The van der Waals surface area contributed by atoms with Crippen molar-refractivity contribution in [3.8, 4) is 22.8 Å². The number of fused-ring (bicyclic) bond motifs is 1. The number of piperazine rings is 1. The van der Waals surface area contributed by atoms with Crippen molar-refractivity contribution in [2.45, 2.75) is 13.0 Å². The summed E-state index contributed by atoms with van der Waals surface area (Å²) in [5.74, 6) is 1.49. The van der Waals surface area contributed by atoms with E-state index in [0.29, 0.717) is 18.8 Å². The van der Waals surface area contributed by atoms with Gasteiger partial charge in [-0.1, -0.05) is 24.3 Å². The van der Waals surface area contributed by atoms with Crippen LogP contribution >= 0.6 is 0 Å². The molecule has 0 aliphatic carbocycles. The molecule has 2 heterocycles. The van der Waals surface area contributed by atoms with Crippen LogP contribution in [-0.2, 0) is 4.79 Å². The number of hydrogen-bond donors (Lipinski definition) is 0. The van der Waals surface area contributed by atoms with Crippen molar-refractivity contribution in [3.63, 3.8) is 0 Å². The second-order valence-corrected chi connectivity index (χ2v) is 8.51. The maximum Gasteiger partial charge on any atom is 0.263 e. The zero-order valence-electron chi connectivity index (χ0n) is 19.9. The molecule has 0 spiro atoms. The summed E-state index contributed by atoms with van der Waals surface area (Å²) in [5.41, 5.74) is 4.53. The Morgan fingerprint density at radius 3 is 2.31 bits per heavy atom. The van der Waals surface area contributed by atoms with Crippen LogP contribution in [0.25, 0.3) is 22.3 Å². The van der Waals surface area contributed by atoms with Crippen molar-refractivity contribution in [3.05, 3.63) is 79.0 Å². The van der Waals surface area contributed by atoms with Gasteiger partial charge in [-0.2, -0.15) is 0 Å². The van der Waals surface area contributed by atoms with Gasteiger partial charge in [0, 0.05) is 31.7 Å². The minimum absolute atomic E-state index is 0.00542. The highest BCUT2D eigenvalue weighted by Gasteiger charge is 2.27. The van der Waals surface area contributed by atoms with Crippen molar-refractivity contribution in [1.82, 2.24) is 14.9 Å². The van der Waals surface area contributed by atoms with Gasteiger partial charge in [0.1, 0.15) is 11.5 Å². The van der Waals surface area contributed by atoms with Gasteiger partial charge in [0.05, 0.1) is 35.7 Å². The van der Waals surface area contributed by atoms with Crippen molar-refractivity contribution < 1.29 is 14.3 Å². The molecule has 5 rings (SSSR count). The van der Waals surface area contributed by atoms with Gasteiger partial charge in [0.25, 0.3) is 5.91 Å². The summed E-state index contributed by atoms with van der Waals surface area (Å²) in [6, 6.07) is 23.4. The molecule has 1 atom stereocenters. The molecule has 0 bridgehead atoms. The predicted molar refractivity (Wildman–Crippen MR) is 137 cm³/mol. The maximum absolute atomic E-state index is 13.0. The molecule has 4 aromatic rings. The van der Waals surface area contributed by atoms with Crippen molar-refractivity contribution in [2.75, 3.05) is 38.2 Å². The molecule has 1 aliphatic heterocycles. The third-order valence-electron chi connectivity index (χ3n) is 6.28. The molecular weight excluding hydrogens is 440 g/mol. The van der Waals surface area contributed by atoms with E-state index in [1.54, 1.807) is 20.2 Å². The number of aromatic nitrogens is 2. The first-order valence-electron chi connectivity index (χ1n) is 11.8. The molecule has 0 N–H and O–H groups in total. The number of carbonyl (C=O) groups is 1. The van der Waals surface area contributed by atoms with Crippen LogP contribution in [0.5, 0.6) is 11.5 Å². The van der Waals surface area contributed by atoms with Gasteiger partial charge in [-0.3, -0.25) is 9.78 Å². The van der Waals surface area contributed by atoms with Crippen LogP contribution < -0.4 is 14.4 Å². The topological polar surface area (TPSA) is 67.8 Å². The van der Waals surface area contributed by atoms with Crippen LogP contribution in [0, 0.1) is 0 Å². The van der Waals surface area contributed by atoms with Crippen LogP contribution in [0.15, 0.2) is 79.0 Å². The normalized spacial score (nSPS) is 14.6. The number of rotatable bonds is 6. The highest BCUT2D eigenvalue weighted by molar-refractivity contribution is 5.81. The molecule has 0 radical (unpaired) electrons. The largest absolute Gasteiger partial charge is 0.495 e. The number of methoxy groups -OCH3 is 1. The van der Waals surface area contributed by atoms with Gasteiger partial charge in [0.15, 0.2) is 6.10 Å². The molecule has 7 heteroatoms. The van der Waals surface area contributed by atoms with Crippen LogP contribution in [0.4, 0.5) is 5.69 Å². The monoisotopic (exact) mass is 468 g/mol. The van der Waals surface area contributed by atoms with Crippen molar-refractivity contribution in [1.29, 1.82) is 0 Å². The van der Waals surface area contributed by atoms with Gasteiger partial charge < -0.3 is 19.3 Å². The molecular formula is C28H28N4O3. The first kappa shape index (κ1) is 22.7. The lowest BCUT2D eigenvalue weighted by molar-refractivity contribution is -0.138. The smallest absolute Gasteiger partial charge is 0.263 e. The van der Waals surface area contributed by atoms with Crippen LogP contribution in [0.3, 0.4) is 0 Å². The quantitative estimate of drug-likeness (QED) is 0.417. The molecule has 1 amide bonds. The van der Waals surface area contributed by atoms with Crippen molar-refractivity contribution >= 4 is 22.6 Å². The SMILES string of the molecule is COc1ccccc1N1CCN(C(=O)[C@@H](C)Oc2ccc(-c3cnc4ccccc4n3)cc2)CC1. The number of nitrogens with zero attached hydrogens (tertiary/aromatic N) is 4. The Bertz CT molecular complexity index is 1320. The lowest BCUT2D eigenvalue weighted by Gasteiger charge is -2.37. The summed E-state index contributed by atoms with van der Waals surface area (Å²) < 4.78 is 11.5. The molecule has 7 nitrogen and oxygen atoms in total.